The number of urea groups is 1. The number of aromatic nitrogens is 3. The molecule has 0 fully saturated rings. The molecule has 0 aromatic carbocycles. The maximum atomic E-state index is 11.9. The van der Waals surface area contributed by atoms with Crippen LogP contribution in [0.15, 0.2) is 13.9 Å². The normalized spacial score (nSPS) is 10.5. The molecule has 2 amide bonds. The van der Waals surface area contributed by atoms with Crippen molar-refractivity contribution in [2.45, 2.75) is 16.2 Å². The molecular weight excluding hydrogens is 306 g/mol. The number of aryl methyl sites for hydroxylation is 1. The average Bonchev–Trinajstić information content (AvgIpc) is 2.96. The van der Waals surface area contributed by atoms with E-state index >= 15 is 0 Å². The van der Waals surface area contributed by atoms with E-state index in [-0.39, 0.29) is 0 Å². The first-order valence-electron chi connectivity index (χ1n) is 5.10. The number of thioether (sulfide) groups is 2. The first-order valence-corrected chi connectivity index (χ1v) is 8.32. The van der Waals surface area contributed by atoms with Gasteiger partial charge in [0.2, 0.25) is 5.82 Å². The van der Waals surface area contributed by atoms with Gasteiger partial charge >= 0.3 is 6.03 Å². The highest BCUT2D eigenvalue weighted by molar-refractivity contribution is 8.01. The molecule has 0 aliphatic rings. The van der Waals surface area contributed by atoms with E-state index in [2.05, 4.69) is 29.9 Å². The first kappa shape index (κ1) is 14.2. The minimum absolute atomic E-state index is 0.303. The number of anilines is 2. The summed E-state index contributed by atoms with van der Waals surface area (Å²) >= 11 is 4.38. The van der Waals surface area contributed by atoms with Crippen LogP contribution in [0.2, 0.25) is 0 Å². The molecule has 7 nitrogen and oxygen atoms in total. The van der Waals surface area contributed by atoms with E-state index in [0.717, 1.165) is 14.9 Å². The molecule has 2 N–H and O–H groups in total. The van der Waals surface area contributed by atoms with Crippen LogP contribution < -0.4 is 10.6 Å². The second kappa shape index (κ2) is 6.26. The molecule has 0 unspecified atom stereocenters. The summed E-state index contributed by atoms with van der Waals surface area (Å²) in [6.45, 7) is 1.69. The van der Waals surface area contributed by atoms with Gasteiger partial charge in [-0.05, 0) is 36.1 Å². The van der Waals surface area contributed by atoms with E-state index in [1.54, 1.807) is 6.92 Å². The summed E-state index contributed by atoms with van der Waals surface area (Å²) in [6, 6.07) is -0.399. The van der Waals surface area contributed by atoms with E-state index in [1.807, 2.05) is 12.5 Å². The summed E-state index contributed by atoms with van der Waals surface area (Å²) in [4.78, 5) is 11.9. The SMILES string of the molecule is CSc1nsc(SC)c1NC(=O)Nc1nonc1C. The number of nitrogens with one attached hydrogen (secondary N) is 2. The molecule has 2 aromatic heterocycles. The van der Waals surface area contributed by atoms with E-state index in [0.29, 0.717) is 11.5 Å². The van der Waals surface area contributed by atoms with Crippen molar-refractivity contribution in [3.63, 3.8) is 0 Å². The number of nitrogens with zero attached hydrogens (tertiary/aromatic N) is 3. The van der Waals surface area contributed by atoms with E-state index in [4.69, 9.17) is 0 Å². The van der Waals surface area contributed by atoms with Gasteiger partial charge in [0.25, 0.3) is 0 Å². The highest BCUT2D eigenvalue weighted by atomic mass is 32.2. The van der Waals surface area contributed by atoms with Crippen LogP contribution in [0, 0.1) is 6.92 Å². The van der Waals surface area contributed by atoms with Crippen molar-refractivity contribution >= 4 is 52.6 Å². The third kappa shape index (κ3) is 3.19. The third-order valence-electron chi connectivity index (χ3n) is 2.13. The summed E-state index contributed by atoms with van der Waals surface area (Å²) in [7, 11) is 0. The van der Waals surface area contributed by atoms with Crippen molar-refractivity contribution < 1.29 is 9.42 Å². The zero-order valence-electron chi connectivity index (χ0n) is 10.4. The average molecular weight is 317 g/mol. The molecule has 19 heavy (non-hydrogen) atoms. The van der Waals surface area contributed by atoms with Crippen molar-refractivity contribution in [2.24, 2.45) is 0 Å². The summed E-state index contributed by atoms with van der Waals surface area (Å²) in [5.74, 6) is 0.303. The van der Waals surface area contributed by atoms with Gasteiger partial charge in [0.15, 0.2) is 0 Å². The lowest BCUT2D eigenvalue weighted by Gasteiger charge is -2.06. The topological polar surface area (TPSA) is 92.9 Å². The summed E-state index contributed by atoms with van der Waals surface area (Å²) in [5.41, 5.74) is 1.24. The third-order valence-corrected chi connectivity index (χ3v) is 4.87. The molecule has 102 valence electrons. The number of carbonyl (C=O) groups excluding carboxylic acids is 1. The van der Waals surface area contributed by atoms with Crippen LogP contribution in [0.25, 0.3) is 0 Å². The molecule has 0 spiro atoms. The molecule has 2 rings (SSSR count). The van der Waals surface area contributed by atoms with Gasteiger partial charge in [-0.3, -0.25) is 5.32 Å². The molecule has 0 aliphatic heterocycles. The van der Waals surface area contributed by atoms with Gasteiger partial charge in [0.1, 0.15) is 20.6 Å². The maximum Gasteiger partial charge on any atom is 0.325 e. The van der Waals surface area contributed by atoms with Gasteiger partial charge in [0.05, 0.1) is 0 Å². The highest BCUT2D eigenvalue weighted by Gasteiger charge is 2.16. The quantitative estimate of drug-likeness (QED) is 0.837. The first-order chi connectivity index (χ1) is 9.15. The van der Waals surface area contributed by atoms with Crippen molar-refractivity contribution in [1.29, 1.82) is 0 Å². The molecule has 2 aromatic rings. The Morgan fingerprint density at radius 1 is 1.26 bits per heavy atom. The Balaban J connectivity index is 2.10. The molecule has 0 saturated carbocycles. The largest absolute Gasteiger partial charge is 0.325 e. The Bertz CT molecular complexity index is 561. The lowest BCUT2D eigenvalue weighted by Crippen LogP contribution is -2.20. The molecular formula is C9H11N5O2S3. The van der Waals surface area contributed by atoms with Crippen LogP contribution >= 0.6 is 35.1 Å². The maximum absolute atomic E-state index is 11.9. The predicted molar refractivity (Wildman–Crippen MR) is 77.4 cm³/mol. The minimum Gasteiger partial charge on any atom is -0.303 e. The Hall–Kier alpha value is -1.26. The number of hydrogen-bond donors (Lipinski definition) is 2. The molecule has 0 atom stereocenters. The van der Waals surface area contributed by atoms with E-state index in [9.17, 15) is 4.79 Å². The second-order valence-electron chi connectivity index (χ2n) is 3.34. The molecule has 10 heteroatoms. The zero-order chi connectivity index (χ0) is 13.8. The van der Waals surface area contributed by atoms with Crippen LogP contribution in [-0.2, 0) is 0 Å². The number of rotatable bonds is 4. The standard InChI is InChI=1S/C9H11N5O2S3/c1-4-6(13-16-12-4)11-9(15)10-5-7(17-2)14-19-8(5)18-3/h1-3H3,(H2,10,11,13,15). The highest BCUT2D eigenvalue weighted by Crippen LogP contribution is 2.37. The van der Waals surface area contributed by atoms with Gasteiger partial charge in [-0.2, -0.15) is 4.37 Å². The van der Waals surface area contributed by atoms with E-state index in [1.165, 1.54) is 35.1 Å². The van der Waals surface area contributed by atoms with Gasteiger partial charge in [-0.1, -0.05) is 5.16 Å². The Kier molecular flexibility index (Phi) is 4.66. The predicted octanol–water partition coefficient (Wildman–Crippen LogP) is 2.92. The smallest absolute Gasteiger partial charge is 0.303 e. The second-order valence-corrected chi connectivity index (χ2v) is 5.98. The fourth-order valence-electron chi connectivity index (χ4n) is 1.24. The lowest BCUT2D eigenvalue weighted by molar-refractivity contribution is 0.261. The van der Waals surface area contributed by atoms with Gasteiger partial charge in [-0.25, -0.2) is 9.42 Å². The van der Waals surface area contributed by atoms with Crippen molar-refractivity contribution in [1.82, 2.24) is 14.7 Å². The molecule has 0 radical (unpaired) electrons. The van der Waals surface area contributed by atoms with Gasteiger partial charge in [0, 0.05) is 0 Å². The van der Waals surface area contributed by atoms with Crippen molar-refractivity contribution in [3.8, 4) is 0 Å². The zero-order valence-corrected chi connectivity index (χ0v) is 12.8. The van der Waals surface area contributed by atoms with Crippen molar-refractivity contribution in [2.75, 3.05) is 23.1 Å². The Morgan fingerprint density at radius 3 is 2.63 bits per heavy atom. The van der Waals surface area contributed by atoms with E-state index < -0.39 is 6.03 Å². The summed E-state index contributed by atoms with van der Waals surface area (Å²) in [5, 5.41) is 13.3. The van der Waals surface area contributed by atoms with Crippen LogP contribution in [0.1, 0.15) is 5.69 Å². The molecule has 0 aliphatic carbocycles. The molecule has 0 bridgehead atoms. The monoisotopic (exact) mass is 317 g/mol. The van der Waals surface area contributed by atoms with Crippen LogP contribution in [-0.4, -0.2) is 33.2 Å². The lowest BCUT2D eigenvalue weighted by atomic mass is 10.5. The van der Waals surface area contributed by atoms with Gasteiger partial charge < -0.3 is 5.32 Å². The number of amides is 2. The van der Waals surface area contributed by atoms with Gasteiger partial charge in [-0.15, -0.1) is 23.5 Å². The minimum atomic E-state index is -0.399. The molecule has 2 heterocycles. The number of carbonyl (C=O) groups is 1. The summed E-state index contributed by atoms with van der Waals surface area (Å²) in [6.07, 6.45) is 3.85. The Morgan fingerprint density at radius 2 is 2.05 bits per heavy atom. The fourth-order valence-corrected chi connectivity index (χ4v) is 3.40. The summed E-state index contributed by atoms with van der Waals surface area (Å²) < 4.78 is 9.73. The van der Waals surface area contributed by atoms with Crippen LogP contribution in [0.5, 0.6) is 0 Å². The fraction of sp³-hybridized carbons (Fsp3) is 0.333. The Labute approximate surface area is 122 Å². The van der Waals surface area contributed by atoms with Crippen LogP contribution in [0.4, 0.5) is 16.3 Å². The molecule has 0 saturated heterocycles. The van der Waals surface area contributed by atoms with Crippen molar-refractivity contribution in [3.05, 3.63) is 5.69 Å². The number of hydrogen-bond acceptors (Lipinski definition) is 8. The van der Waals surface area contributed by atoms with Crippen LogP contribution in [0.3, 0.4) is 0 Å².